The summed E-state index contributed by atoms with van der Waals surface area (Å²) in [6.07, 6.45) is 3.88. The van der Waals surface area contributed by atoms with Gasteiger partial charge in [0.2, 0.25) is 5.95 Å². The van der Waals surface area contributed by atoms with Gasteiger partial charge in [-0.15, -0.1) is 0 Å². The number of para-hydroxylation sites is 1. The Kier molecular flexibility index (Phi) is 4.64. The molecule has 7 aromatic rings. The number of aryl methyl sites for hydroxylation is 1. The first-order valence-electron chi connectivity index (χ1n) is 12.0. The lowest BCUT2D eigenvalue weighted by molar-refractivity contribution is 0.996. The van der Waals surface area contributed by atoms with Gasteiger partial charge in [0.1, 0.15) is 0 Å². The van der Waals surface area contributed by atoms with E-state index in [0.29, 0.717) is 5.95 Å². The van der Waals surface area contributed by atoms with Crippen molar-refractivity contribution in [1.82, 2.24) is 19.5 Å². The quantitative estimate of drug-likeness (QED) is 0.269. The van der Waals surface area contributed by atoms with Gasteiger partial charge in [-0.1, -0.05) is 84.9 Å². The van der Waals surface area contributed by atoms with Gasteiger partial charge in [0.15, 0.2) is 0 Å². The molecule has 0 fully saturated rings. The van der Waals surface area contributed by atoms with Gasteiger partial charge in [-0.25, -0.2) is 9.97 Å². The van der Waals surface area contributed by atoms with E-state index in [1.165, 1.54) is 16.2 Å². The van der Waals surface area contributed by atoms with Gasteiger partial charge in [-0.3, -0.25) is 9.55 Å². The van der Waals surface area contributed by atoms with Crippen molar-refractivity contribution in [2.24, 2.45) is 0 Å². The maximum absolute atomic E-state index is 5.11. The highest BCUT2D eigenvalue weighted by molar-refractivity contribution is 6.21. The Bertz CT molecular complexity index is 1830. The van der Waals surface area contributed by atoms with E-state index in [9.17, 15) is 0 Å². The van der Waals surface area contributed by atoms with E-state index >= 15 is 0 Å². The molecule has 4 aromatic carbocycles. The van der Waals surface area contributed by atoms with Crippen molar-refractivity contribution < 1.29 is 0 Å². The van der Waals surface area contributed by atoms with Gasteiger partial charge >= 0.3 is 0 Å². The lowest BCUT2D eigenvalue weighted by Gasteiger charge is -2.12. The summed E-state index contributed by atoms with van der Waals surface area (Å²) in [5.74, 6) is 0.660. The first kappa shape index (κ1) is 20.5. The molecule has 0 N–H and O–H groups in total. The number of nitrogens with zero attached hydrogens (tertiary/aromatic N) is 4. The van der Waals surface area contributed by atoms with Crippen molar-refractivity contribution in [2.45, 2.75) is 6.92 Å². The fourth-order valence-electron chi connectivity index (χ4n) is 5.17. The van der Waals surface area contributed by atoms with E-state index in [0.717, 1.165) is 44.5 Å². The van der Waals surface area contributed by atoms with Gasteiger partial charge in [0.05, 0.1) is 22.4 Å². The summed E-state index contributed by atoms with van der Waals surface area (Å²) in [7, 11) is 0. The van der Waals surface area contributed by atoms with Crippen LogP contribution in [0.25, 0.3) is 61.0 Å². The van der Waals surface area contributed by atoms with Crippen LogP contribution in [0.2, 0.25) is 0 Å². The molecule has 3 aromatic heterocycles. The van der Waals surface area contributed by atoms with E-state index in [2.05, 4.69) is 83.2 Å². The summed E-state index contributed by atoms with van der Waals surface area (Å²) in [4.78, 5) is 14.7. The van der Waals surface area contributed by atoms with Crippen LogP contribution in [0.4, 0.5) is 0 Å². The lowest BCUT2D eigenvalue weighted by atomic mass is 10.0. The van der Waals surface area contributed by atoms with Crippen LogP contribution in [-0.2, 0) is 0 Å². The Morgan fingerprint density at radius 1 is 0.583 bits per heavy atom. The topological polar surface area (TPSA) is 43.6 Å². The zero-order chi connectivity index (χ0) is 24.1. The van der Waals surface area contributed by atoms with Crippen molar-refractivity contribution in [1.29, 1.82) is 0 Å². The molecular weight excluding hydrogens is 440 g/mol. The second-order valence-corrected chi connectivity index (χ2v) is 9.04. The average molecular weight is 463 g/mol. The smallest absolute Gasteiger partial charge is 0.235 e. The molecule has 0 spiro atoms. The van der Waals surface area contributed by atoms with E-state index in [4.69, 9.17) is 9.97 Å². The standard InChI is InChI=1S/C32H22N4/c1-21-19-33-20-24-16-17-29-31(30(21)24)25-14-8-9-15-28(25)36(29)32-34-26(22-10-4-2-5-11-22)18-27(35-32)23-12-6-3-7-13-23/h2-20H,1H3. The van der Waals surface area contributed by atoms with Crippen LogP contribution >= 0.6 is 0 Å². The molecule has 36 heavy (non-hydrogen) atoms. The molecule has 0 amide bonds. The summed E-state index contributed by atoms with van der Waals surface area (Å²) in [6, 6.07) is 35.5. The SMILES string of the molecule is Cc1cncc2ccc3c(c4ccccc4n3-c3nc(-c4ccccc4)cc(-c4ccccc4)n3)c12. The van der Waals surface area contributed by atoms with E-state index in [1.54, 1.807) is 0 Å². The molecule has 3 heterocycles. The number of rotatable bonds is 3. The van der Waals surface area contributed by atoms with Crippen molar-refractivity contribution in [2.75, 3.05) is 0 Å². The van der Waals surface area contributed by atoms with E-state index in [1.807, 2.05) is 48.8 Å². The average Bonchev–Trinajstić information content (AvgIpc) is 3.28. The molecule has 0 unspecified atom stereocenters. The third-order valence-electron chi connectivity index (χ3n) is 6.80. The summed E-state index contributed by atoms with van der Waals surface area (Å²) in [5, 5.41) is 4.75. The predicted molar refractivity (Wildman–Crippen MR) is 147 cm³/mol. The third kappa shape index (κ3) is 3.19. The summed E-state index contributed by atoms with van der Waals surface area (Å²) < 4.78 is 2.20. The maximum Gasteiger partial charge on any atom is 0.235 e. The summed E-state index contributed by atoms with van der Waals surface area (Å²) in [5.41, 5.74) is 7.24. The maximum atomic E-state index is 5.11. The van der Waals surface area contributed by atoms with Crippen molar-refractivity contribution in [3.63, 3.8) is 0 Å². The molecule has 0 aliphatic carbocycles. The Hall–Kier alpha value is -4.83. The fraction of sp³-hybridized carbons (Fsp3) is 0.0312. The summed E-state index contributed by atoms with van der Waals surface area (Å²) in [6.45, 7) is 2.13. The minimum atomic E-state index is 0.660. The number of pyridine rings is 1. The minimum Gasteiger partial charge on any atom is -0.278 e. The highest BCUT2D eigenvalue weighted by Crippen LogP contribution is 2.37. The number of hydrogen-bond donors (Lipinski definition) is 0. The number of hydrogen-bond acceptors (Lipinski definition) is 3. The fourth-order valence-corrected chi connectivity index (χ4v) is 5.17. The molecule has 0 radical (unpaired) electrons. The molecule has 0 saturated carbocycles. The Morgan fingerprint density at radius 2 is 1.22 bits per heavy atom. The molecule has 0 atom stereocenters. The molecule has 0 bridgehead atoms. The molecule has 170 valence electrons. The first-order chi connectivity index (χ1) is 17.8. The van der Waals surface area contributed by atoms with Crippen LogP contribution < -0.4 is 0 Å². The van der Waals surface area contributed by atoms with Crippen LogP contribution in [0.1, 0.15) is 5.56 Å². The molecule has 7 rings (SSSR count). The molecular formula is C32H22N4. The van der Waals surface area contributed by atoms with Gasteiger partial charge in [-0.2, -0.15) is 0 Å². The largest absolute Gasteiger partial charge is 0.278 e. The monoisotopic (exact) mass is 462 g/mol. The number of aromatic nitrogens is 4. The zero-order valence-corrected chi connectivity index (χ0v) is 19.8. The van der Waals surface area contributed by atoms with Gasteiger partial charge < -0.3 is 0 Å². The molecule has 0 aliphatic heterocycles. The highest BCUT2D eigenvalue weighted by atomic mass is 15.2. The van der Waals surface area contributed by atoms with Gasteiger partial charge in [0, 0.05) is 39.7 Å². The first-order valence-corrected chi connectivity index (χ1v) is 12.0. The Labute approximate surface area is 208 Å². The Balaban J connectivity index is 1.61. The highest BCUT2D eigenvalue weighted by Gasteiger charge is 2.19. The van der Waals surface area contributed by atoms with E-state index in [-0.39, 0.29) is 0 Å². The lowest BCUT2D eigenvalue weighted by Crippen LogP contribution is -2.04. The van der Waals surface area contributed by atoms with Crippen molar-refractivity contribution >= 4 is 32.6 Å². The molecule has 4 nitrogen and oxygen atoms in total. The van der Waals surface area contributed by atoms with Gasteiger partial charge in [-0.05, 0) is 36.1 Å². The number of fused-ring (bicyclic) bond motifs is 5. The second-order valence-electron chi connectivity index (χ2n) is 9.04. The van der Waals surface area contributed by atoms with E-state index < -0.39 is 0 Å². The molecule has 4 heteroatoms. The predicted octanol–water partition coefficient (Wildman–Crippen LogP) is 7.76. The zero-order valence-electron chi connectivity index (χ0n) is 19.8. The van der Waals surface area contributed by atoms with Crippen LogP contribution in [0.15, 0.2) is 116 Å². The Morgan fingerprint density at radius 3 is 1.92 bits per heavy atom. The molecule has 0 aliphatic rings. The third-order valence-corrected chi connectivity index (χ3v) is 6.80. The van der Waals surface area contributed by atoms with Crippen molar-refractivity contribution in [3.8, 4) is 28.5 Å². The normalized spacial score (nSPS) is 11.5. The van der Waals surface area contributed by atoms with Crippen LogP contribution in [-0.4, -0.2) is 19.5 Å². The van der Waals surface area contributed by atoms with Gasteiger partial charge in [0.25, 0.3) is 0 Å². The van der Waals surface area contributed by atoms with Crippen LogP contribution in [0.5, 0.6) is 0 Å². The van der Waals surface area contributed by atoms with Crippen molar-refractivity contribution in [3.05, 3.63) is 121 Å². The second kappa shape index (κ2) is 8.14. The number of benzene rings is 4. The summed E-state index contributed by atoms with van der Waals surface area (Å²) >= 11 is 0. The van der Waals surface area contributed by atoms with Crippen LogP contribution in [0, 0.1) is 6.92 Å². The minimum absolute atomic E-state index is 0.660. The molecule has 0 saturated heterocycles. The van der Waals surface area contributed by atoms with Crippen LogP contribution in [0.3, 0.4) is 0 Å².